The van der Waals surface area contributed by atoms with E-state index >= 15 is 0 Å². The third kappa shape index (κ3) is 7.34. The molecule has 31 heavy (non-hydrogen) atoms. The predicted octanol–water partition coefficient (Wildman–Crippen LogP) is 2.96. The van der Waals surface area contributed by atoms with Crippen molar-refractivity contribution in [1.82, 2.24) is 5.32 Å². The number of nitrogens with one attached hydrogen (secondary N) is 1. The van der Waals surface area contributed by atoms with Crippen LogP contribution in [0.15, 0.2) is 42.5 Å². The number of esters is 1. The molecule has 9 heteroatoms. The van der Waals surface area contributed by atoms with Crippen molar-refractivity contribution in [2.24, 2.45) is 0 Å². The zero-order chi connectivity index (χ0) is 23.1. The van der Waals surface area contributed by atoms with Crippen LogP contribution in [0.3, 0.4) is 0 Å². The molecule has 7 nitrogen and oxygen atoms in total. The Balaban J connectivity index is 2.17. The number of benzene rings is 2. The first-order valence-corrected chi connectivity index (χ1v) is 9.91. The number of carboxylic acid groups (broad SMARTS) is 1. The zero-order valence-electron chi connectivity index (χ0n) is 17.0. The summed E-state index contributed by atoms with van der Waals surface area (Å²) < 4.78 is 19.0. The van der Waals surface area contributed by atoms with Crippen molar-refractivity contribution < 1.29 is 33.7 Å². The molecule has 0 aliphatic rings. The van der Waals surface area contributed by atoms with Gasteiger partial charge >= 0.3 is 17.8 Å². The summed E-state index contributed by atoms with van der Waals surface area (Å²) >= 11 is 5.93. The van der Waals surface area contributed by atoms with Gasteiger partial charge in [-0.05, 0) is 49.6 Å². The van der Waals surface area contributed by atoms with Crippen LogP contribution in [0.1, 0.15) is 25.8 Å². The second kappa shape index (κ2) is 10.9. The Bertz CT molecular complexity index is 948. The average Bonchev–Trinajstić information content (AvgIpc) is 2.69. The van der Waals surface area contributed by atoms with Gasteiger partial charge in [-0.2, -0.15) is 0 Å². The Kier molecular flexibility index (Phi) is 8.53. The van der Waals surface area contributed by atoms with E-state index in [1.807, 2.05) is 0 Å². The van der Waals surface area contributed by atoms with Gasteiger partial charge in [0.1, 0.15) is 5.82 Å². The molecule has 3 N–H and O–H groups in total. The molecule has 166 valence electrons. The number of aliphatic hydroxyl groups excluding tert-OH is 1. The first-order chi connectivity index (χ1) is 14.6. The van der Waals surface area contributed by atoms with Crippen molar-refractivity contribution in [2.45, 2.75) is 44.9 Å². The van der Waals surface area contributed by atoms with Crippen molar-refractivity contribution in [3.8, 4) is 11.1 Å². The molecule has 2 atom stereocenters. The molecule has 0 saturated heterocycles. The second-order valence-electron chi connectivity index (χ2n) is 7.24. The Morgan fingerprint density at radius 2 is 1.77 bits per heavy atom. The number of aliphatic carboxylic acids is 1. The van der Waals surface area contributed by atoms with Crippen LogP contribution >= 0.6 is 11.6 Å². The highest BCUT2D eigenvalue weighted by atomic mass is 35.5. The van der Waals surface area contributed by atoms with Gasteiger partial charge in [-0.3, -0.25) is 4.79 Å². The van der Waals surface area contributed by atoms with E-state index in [-0.39, 0.29) is 12.8 Å². The molecule has 0 heterocycles. The van der Waals surface area contributed by atoms with E-state index in [0.29, 0.717) is 21.7 Å². The van der Waals surface area contributed by atoms with Crippen LogP contribution < -0.4 is 5.32 Å². The Morgan fingerprint density at radius 1 is 1.13 bits per heavy atom. The number of carbonyl (C=O) groups excluding carboxylic acids is 2. The third-order valence-corrected chi connectivity index (χ3v) is 4.57. The fraction of sp³-hybridized carbons (Fsp3) is 0.318. The van der Waals surface area contributed by atoms with Crippen LogP contribution in [0.4, 0.5) is 4.39 Å². The number of amides is 1. The minimum atomic E-state index is -1.68. The molecule has 2 aromatic rings. The van der Waals surface area contributed by atoms with Crippen molar-refractivity contribution in [2.75, 3.05) is 0 Å². The summed E-state index contributed by atoms with van der Waals surface area (Å²) in [6, 6.07) is 10.0. The van der Waals surface area contributed by atoms with Crippen LogP contribution in [0.25, 0.3) is 11.1 Å². The van der Waals surface area contributed by atoms with Gasteiger partial charge in [-0.1, -0.05) is 35.9 Å². The average molecular weight is 452 g/mol. The van der Waals surface area contributed by atoms with Gasteiger partial charge in [-0.15, -0.1) is 0 Å². The maximum atomic E-state index is 14.1. The van der Waals surface area contributed by atoms with E-state index in [0.717, 1.165) is 0 Å². The largest absolute Gasteiger partial charge is 0.474 e. The van der Waals surface area contributed by atoms with Crippen LogP contribution in [0, 0.1) is 5.82 Å². The Morgan fingerprint density at radius 3 is 2.35 bits per heavy atom. The standard InChI is InChI=1S/C22H23ClFNO6/c1-12(2)31-22(30)19(26)11-16(25-20(27)21(28)29)9-13-3-5-14(6-4-13)17-10-15(23)7-8-18(17)24/h3-8,10,12,16,19,26H,9,11H2,1-2H3,(H,25,27)(H,28,29)/t16-,19-/m1/s1. The first kappa shape index (κ1) is 24.3. The number of hydrogen-bond acceptors (Lipinski definition) is 5. The molecule has 0 aromatic heterocycles. The number of hydrogen-bond donors (Lipinski definition) is 3. The number of carbonyl (C=O) groups is 3. The smallest absolute Gasteiger partial charge is 0.394 e. The van der Waals surface area contributed by atoms with Gasteiger partial charge in [0.15, 0.2) is 6.10 Å². The summed E-state index contributed by atoms with van der Waals surface area (Å²) in [5.74, 6) is -4.24. The van der Waals surface area contributed by atoms with E-state index in [9.17, 15) is 23.9 Å². The molecule has 0 bridgehead atoms. The molecule has 0 radical (unpaired) electrons. The van der Waals surface area contributed by atoms with E-state index < -0.39 is 41.9 Å². The van der Waals surface area contributed by atoms with E-state index in [1.54, 1.807) is 38.1 Å². The van der Waals surface area contributed by atoms with Gasteiger partial charge in [0.2, 0.25) is 0 Å². The van der Waals surface area contributed by atoms with Gasteiger partial charge in [-0.25, -0.2) is 14.0 Å². The molecule has 0 unspecified atom stereocenters. The molecular formula is C22H23ClFNO6. The number of carboxylic acids is 1. The summed E-state index contributed by atoms with van der Waals surface area (Å²) in [4.78, 5) is 34.4. The molecule has 0 aliphatic heterocycles. The predicted molar refractivity (Wildman–Crippen MR) is 112 cm³/mol. The molecule has 1 amide bonds. The first-order valence-electron chi connectivity index (χ1n) is 9.53. The Labute approximate surface area is 183 Å². The molecule has 0 spiro atoms. The van der Waals surface area contributed by atoms with E-state index in [1.165, 1.54) is 18.2 Å². The number of rotatable bonds is 8. The quantitative estimate of drug-likeness (QED) is 0.420. The minimum absolute atomic E-state index is 0.128. The van der Waals surface area contributed by atoms with E-state index in [4.69, 9.17) is 21.4 Å². The number of halogens is 2. The fourth-order valence-corrected chi connectivity index (χ4v) is 3.11. The summed E-state index contributed by atoms with van der Waals surface area (Å²) in [5.41, 5.74) is 1.57. The van der Waals surface area contributed by atoms with Crippen LogP contribution in [-0.2, 0) is 25.5 Å². The van der Waals surface area contributed by atoms with Gasteiger partial charge in [0, 0.05) is 23.0 Å². The molecule has 0 aliphatic carbocycles. The minimum Gasteiger partial charge on any atom is -0.474 e. The number of aliphatic hydroxyl groups is 1. The lowest BCUT2D eigenvalue weighted by Crippen LogP contribution is -2.43. The van der Waals surface area contributed by atoms with Crippen molar-refractivity contribution in [3.05, 3.63) is 58.9 Å². The maximum absolute atomic E-state index is 14.1. The highest BCUT2D eigenvalue weighted by molar-refractivity contribution is 6.31. The molecular weight excluding hydrogens is 429 g/mol. The Hall–Kier alpha value is -2.97. The highest BCUT2D eigenvalue weighted by Crippen LogP contribution is 2.26. The molecule has 2 rings (SSSR count). The maximum Gasteiger partial charge on any atom is 0.394 e. The number of ether oxygens (including phenoxy) is 1. The lowest BCUT2D eigenvalue weighted by atomic mass is 9.97. The summed E-state index contributed by atoms with van der Waals surface area (Å²) in [7, 11) is 0. The fourth-order valence-electron chi connectivity index (χ4n) is 2.94. The topological polar surface area (TPSA) is 113 Å². The molecule has 2 aromatic carbocycles. The van der Waals surface area contributed by atoms with Crippen molar-refractivity contribution in [1.29, 1.82) is 0 Å². The molecule has 0 saturated carbocycles. The van der Waals surface area contributed by atoms with Crippen LogP contribution in [0.2, 0.25) is 5.02 Å². The SMILES string of the molecule is CC(C)OC(=O)[C@H](O)C[C@@H](Cc1ccc(-c2cc(Cl)ccc2F)cc1)NC(=O)C(=O)O. The monoisotopic (exact) mass is 451 g/mol. The molecule has 0 fully saturated rings. The third-order valence-electron chi connectivity index (χ3n) is 4.34. The summed E-state index contributed by atoms with van der Waals surface area (Å²) in [6.45, 7) is 3.25. The highest BCUT2D eigenvalue weighted by Gasteiger charge is 2.26. The second-order valence-corrected chi connectivity index (χ2v) is 7.67. The summed E-state index contributed by atoms with van der Waals surface area (Å²) in [5, 5.41) is 21.6. The van der Waals surface area contributed by atoms with Crippen LogP contribution in [-0.4, -0.2) is 46.3 Å². The lowest BCUT2D eigenvalue weighted by molar-refractivity contribution is -0.158. The zero-order valence-corrected chi connectivity index (χ0v) is 17.7. The van der Waals surface area contributed by atoms with Gasteiger partial charge in [0.05, 0.1) is 6.10 Å². The van der Waals surface area contributed by atoms with Crippen molar-refractivity contribution in [3.63, 3.8) is 0 Å². The normalized spacial score (nSPS) is 12.8. The van der Waals surface area contributed by atoms with Gasteiger partial charge < -0.3 is 20.3 Å². The van der Waals surface area contributed by atoms with Crippen molar-refractivity contribution >= 4 is 29.4 Å². The lowest BCUT2D eigenvalue weighted by Gasteiger charge is -2.21. The van der Waals surface area contributed by atoms with Crippen LogP contribution in [0.5, 0.6) is 0 Å². The summed E-state index contributed by atoms with van der Waals surface area (Å²) in [6.07, 6.45) is -2.09. The van der Waals surface area contributed by atoms with E-state index in [2.05, 4.69) is 5.32 Å². The van der Waals surface area contributed by atoms with Gasteiger partial charge in [0.25, 0.3) is 0 Å².